The number of rotatable bonds is 4. The van der Waals surface area contributed by atoms with Crippen molar-refractivity contribution in [2.75, 3.05) is 19.6 Å². The Morgan fingerprint density at radius 3 is 2.47 bits per heavy atom. The lowest BCUT2D eigenvalue weighted by atomic mass is 9.81. The number of fused-ring (bicyclic) bond motifs is 1. The lowest BCUT2D eigenvalue weighted by Gasteiger charge is -2.34. The van der Waals surface area contributed by atoms with Crippen LogP contribution in [0.2, 0.25) is 0 Å². The molecule has 0 amide bonds. The fraction of sp³-hybridized carbons (Fsp3) is 1.00. The van der Waals surface area contributed by atoms with E-state index in [9.17, 15) is 0 Å². The molecule has 0 radical (unpaired) electrons. The minimum Gasteiger partial charge on any atom is -0.312 e. The molecule has 2 atom stereocenters. The summed E-state index contributed by atoms with van der Waals surface area (Å²) >= 11 is 0. The fourth-order valence-electron chi connectivity index (χ4n) is 4.65. The van der Waals surface area contributed by atoms with E-state index in [2.05, 4.69) is 17.1 Å². The second kappa shape index (κ2) is 6.58. The molecular weight excluding hydrogens is 232 g/mol. The Morgan fingerprint density at radius 1 is 0.895 bits per heavy atom. The molecule has 2 nitrogen and oxygen atoms in total. The van der Waals surface area contributed by atoms with Crippen molar-refractivity contribution in [3.63, 3.8) is 0 Å². The molecule has 2 heterocycles. The predicted molar refractivity (Wildman–Crippen MR) is 81.4 cm³/mol. The van der Waals surface area contributed by atoms with Gasteiger partial charge >= 0.3 is 0 Å². The third-order valence-electron chi connectivity index (χ3n) is 6.07. The van der Waals surface area contributed by atoms with Crippen molar-refractivity contribution in [1.29, 1.82) is 0 Å². The largest absolute Gasteiger partial charge is 0.312 e. The zero-order valence-corrected chi connectivity index (χ0v) is 12.7. The van der Waals surface area contributed by atoms with Gasteiger partial charge in [0.2, 0.25) is 0 Å². The maximum Gasteiger partial charge on any atom is 0.0249 e. The Hall–Kier alpha value is -0.0800. The van der Waals surface area contributed by atoms with Gasteiger partial charge in [-0.3, -0.25) is 4.90 Å². The third-order valence-corrected chi connectivity index (χ3v) is 6.07. The van der Waals surface area contributed by atoms with Crippen molar-refractivity contribution < 1.29 is 0 Å². The number of nitrogens with zero attached hydrogens (tertiary/aromatic N) is 1. The summed E-state index contributed by atoms with van der Waals surface area (Å²) in [5.74, 6) is 2.01. The van der Waals surface area contributed by atoms with E-state index in [0.717, 1.165) is 23.9 Å². The van der Waals surface area contributed by atoms with Gasteiger partial charge in [0.1, 0.15) is 0 Å². The maximum absolute atomic E-state index is 3.94. The molecule has 2 saturated heterocycles. The summed E-state index contributed by atoms with van der Waals surface area (Å²) in [6, 6.07) is 1.69. The van der Waals surface area contributed by atoms with Crippen molar-refractivity contribution in [3.05, 3.63) is 0 Å². The van der Waals surface area contributed by atoms with E-state index < -0.39 is 0 Å². The van der Waals surface area contributed by atoms with E-state index in [4.69, 9.17) is 0 Å². The molecule has 1 saturated carbocycles. The average Bonchev–Trinajstić information content (AvgIpc) is 2.89. The zero-order valence-electron chi connectivity index (χ0n) is 12.7. The molecule has 1 aliphatic carbocycles. The quantitative estimate of drug-likeness (QED) is 0.837. The van der Waals surface area contributed by atoms with Crippen molar-refractivity contribution in [2.24, 2.45) is 11.8 Å². The first-order valence-corrected chi connectivity index (χ1v) is 8.84. The molecule has 19 heavy (non-hydrogen) atoms. The number of hydrogen-bond acceptors (Lipinski definition) is 2. The summed E-state index contributed by atoms with van der Waals surface area (Å²) in [5.41, 5.74) is 0. The van der Waals surface area contributed by atoms with Crippen molar-refractivity contribution in [3.8, 4) is 0 Å². The van der Waals surface area contributed by atoms with Crippen LogP contribution in [-0.4, -0.2) is 36.6 Å². The first-order chi connectivity index (χ1) is 9.36. The molecule has 2 heteroatoms. The standard InChI is InChI=1S/C17H32N2/c1-2-14-6-8-15(9-7-14)13-18-16-10-12-19-11-4-3-5-17(16)19/h14-18H,2-13H2,1H3. The van der Waals surface area contributed by atoms with E-state index in [0.29, 0.717) is 0 Å². The highest BCUT2D eigenvalue weighted by Gasteiger charge is 2.35. The first-order valence-electron chi connectivity index (χ1n) is 8.84. The minimum atomic E-state index is 0.809. The fourth-order valence-corrected chi connectivity index (χ4v) is 4.65. The van der Waals surface area contributed by atoms with E-state index in [1.807, 2.05) is 0 Å². The molecule has 0 bridgehead atoms. The van der Waals surface area contributed by atoms with Crippen LogP contribution in [0.25, 0.3) is 0 Å². The molecule has 0 aromatic carbocycles. The van der Waals surface area contributed by atoms with Gasteiger partial charge in [-0.05, 0) is 57.0 Å². The maximum atomic E-state index is 3.94. The number of nitrogens with one attached hydrogen (secondary N) is 1. The van der Waals surface area contributed by atoms with Crippen LogP contribution in [0, 0.1) is 11.8 Å². The topological polar surface area (TPSA) is 15.3 Å². The second-order valence-electron chi connectivity index (χ2n) is 7.20. The van der Waals surface area contributed by atoms with E-state index in [1.54, 1.807) is 0 Å². The van der Waals surface area contributed by atoms with Crippen molar-refractivity contribution >= 4 is 0 Å². The van der Waals surface area contributed by atoms with Gasteiger partial charge < -0.3 is 5.32 Å². The molecule has 110 valence electrons. The Bertz CT molecular complexity index is 270. The summed E-state index contributed by atoms with van der Waals surface area (Å²) in [6.07, 6.45) is 13.1. The van der Waals surface area contributed by atoms with Crippen LogP contribution in [0.5, 0.6) is 0 Å². The molecule has 0 aromatic rings. The van der Waals surface area contributed by atoms with Crippen LogP contribution in [-0.2, 0) is 0 Å². The highest BCUT2D eigenvalue weighted by atomic mass is 15.2. The molecule has 0 aromatic heterocycles. The van der Waals surface area contributed by atoms with Gasteiger partial charge in [0.15, 0.2) is 0 Å². The van der Waals surface area contributed by atoms with E-state index in [-0.39, 0.29) is 0 Å². The molecular formula is C17H32N2. The van der Waals surface area contributed by atoms with Gasteiger partial charge in [-0.2, -0.15) is 0 Å². The number of hydrogen-bond donors (Lipinski definition) is 1. The van der Waals surface area contributed by atoms with E-state index in [1.165, 1.54) is 77.4 Å². The van der Waals surface area contributed by atoms with Crippen LogP contribution in [0.15, 0.2) is 0 Å². The highest BCUT2D eigenvalue weighted by molar-refractivity contribution is 4.94. The van der Waals surface area contributed by atoms with Gasteiger partial charge in [-0.1, -0.05) is 32.6 Å². The molecule has 2 unspecified atom stereocenters. The average molecular weight is 264 g/mol. The summed E-state index contributed by atoms with van der Waals surface area (Å²) in [4.78, 5) is 2.75. The minimum absolute atomic E-state index is 0.809. The lowest BCUT2D eigenvalue weighted by molar-refractivity contribution is 0.175. The lowest BCUT2D eigenvalue weighted by Crippen LogP contribution is -2.46. The van der Waals surface area contributed by atoms with Gasteiger partial charge in [0.05, 0.1) is 0 Å². The van der Waals surface area contributed by atoms with Gasteiger partial charge in [-0.15, -0.1) is 0 Å². The molecule has 3 fully saturated rings. The molecule has 3 rings (SSSR count). The summed E-state index contributed by atoms with van der Waals surface area (Å²) in [5, 5.41) is 3.94. The monoisotopic (exact) mass is 264 g/mol. The summed E-state index contributed by atoms with van der Waals surface area (Å²) in [6.45, 7) is 6.38. The number of piperidine rings is 1. The normalized spacial score (nSPS) is 40.3. The van der Waals surface area contributed by atoms with Crippen LogP contribution >= 0.6 is 0 Å². The van der Waals surface area contributed by atoms with Crippen molar-refractivity contribution in [2.45, 2.75) is 76.8 Å². The SMILES string of the molecule is CCC1CCC(CNC2CCN3CCCCC23)CC1. The summed E-state index contributed by atoms with van der Waals surface area (Å²) in [7, 11) is 0. The smallest absolute Gasteiger partial charge is 0.0249 e. The molecule has 2 aliphatic heterocycles. The van der Waals surface area contributed by atoms with Crippen LogP contribution in [0.4, 0.5) is 0 Å². The zero-order chi connectivity index (χ0) is 13.1. The Labute approximate surface area is 119 Å². The van der Waals surface area contributed by atoms with Crippen LogP contribution in [0.3, 0.4) is 0 Å². The second-order valence-corrected chi connectivity index (χ2v) is 7.20. The van der Waals surface area contributed by atoms with Crippen molar-refractivity contribution in [1.82, 2.24) is 10.2 Å². The van der Waals surface area contributed by atoms with Crippen LogP contribution in [0.1, 0.15) is 64.7 Å². The Balaban J connectivity index is 1.40. The Morgan fingerprint density at radius 2 is 1.68 bits per heavy atom. The third kappa shape index (κ3) is 3.33. The van der Waals surface area contributed by atoms with E-state index >= 15 is 0 Å². The molecule has 3 aliphatic rings. The highest BCUT2D eigenvalue weighted by Crippen LogP contribution is 2.31. The summed E-state index contributed by atoms with van der Waals surface area (Å²) < 4.78 is 0. The van der Waals surface area contributed by atoms with Gasteiger partial charge in [0.25, 0.3) is 0 Å². The van der Waals surface area contributed by atoms with Crippen LogP contribution < -0.4 is 5.32 Å². The van der Waals surface area contributed by atoms with Gasteiger partial charge in [0, 0.05) is 18.6 Å². The molecule has 1 N–H and O–H groups in total. The predicted octanol–water partition coefficient (Wildman–Crippen LogP) is 3.42. The molecule has 0 spiro atoms. The Kier molecular flexibility index (Phi) is 4.81. The first kappa shape index (κ1) is 13.9. The van der Waals surface area contributed by atoms with Gasteiger partial charge in [-0.25, -0.2) is 0 Å².